The lowest BCUT2D eigenvalue weighted by Gasteiger charge is -2.38. The summed E-state index contributed by atoms with van der Waals surface area (Å²) in [5.74, 6) is 0.540. The second-order valence-electron chi connectivity index (χ2n) is 14.1. The Bertz CT molecular complexity index is 2590. The van der Waals surface area contributed by atoms with E-state index in [-0.39, 0.29) is 0 Å². The molecule has 1 aliphatic rings. The monoisotopic (exact) mass is 657 g/mol. The highest BCUT2D eigenvalue weighted by molar-refractivity contribution is 6.19. The molecule has 0 atom stereocenters. The van der Waals surface area contributed by atoms with Crippen LogP contribution in [0.4, 0.5) is 11.4 Å². The first-order chi connectivity index (χ1) is 25.3. The summed E-state index contributed by atoms with van der Waals surface area (Å²) < 4.78 is 4.89. The summed E-state index contributed by atoms with van der Waals surface area (Å²) in [5, 5.41) is 5.23. The van der Waals surface area contributed by atoms with Crippen LogP contribution in [0.3, 0.4) is 0 Å². The lowest BCUT2D eigenvalue weighted by Crippen LogP contribution is -2.34. The zero-order chi connectivity index (χ0) is 33.7. The van der Waals surface area contributed by atoms with Gasteiger partial charge in [0.25, 0.3) is 0 Å². The van der Waals surface area contributed by atoms with Crippen LogP contribution in [0.1, 0.15) is 37.2 Å². The number of benzene rings is 7. The lowest BCUT2D eigenvalue weighted by atomic mass is 9.80. The molecule has 0 spiro atoms. The van der Waals surface area contributed by atoms with Crippen LogP contribution in [-0.2, 0) is 0 Å². The highest BCUT2D eigenvalue weighted by atomic mass is 15.2. The van der Waals surface area contributed by atoms with E-state index in [1.54, 1.807) is 0 Å². The van der Waals surface area contributed by atoms with Crippen LogP contribution < -0.4 is 4.90 Å². The summed E-state index contributed by atoms with van der Waals surface area (Å²) in [4.78, 5) is 2.57. The Morgan fingerprint density at radius 3 is 1.43 bits per heavy atom. The average molecular weight is 658 g/mol. The van der Waals surface area contributed by atoms with Crippen LogP contribution in [-0.4, -0.2) is 15.2 Å². The molecular weight excluding hydrogens is 619 g/mol. The fourth-order valence-electron chi connectivity index (χ4n) is 8.88. The molecule has 2 aromatic heterocycles. The van der Waals surface area contributed by atoms with Gasteiger partial charge in [-0.1, -0.05) is 97.1 Å². The molecule has 7 aromatic carbocycles. The molecule has 0 saturated heterocycles. The third-order valence-electron chi connectivity index (χ3n) is 11.2. The number of nitrogens with zero attached hydrogens (tertiary/aromatic N) is 3. The van der Waals surface area contributed by atoms with Crippen molar-refractivity contribution < 1.29 is 0 Å². The topological polar surface area (TPSA) is 13.1 Å². The Kier molecular flexibility index (Phi) is 7.23. The summed E-state index contributed by atoms with van der Waals surface area (Å²) in [6.07, 6.45) is 4.69. The molecule has 246 valence electrons. The Morgan fingerprint density at radius 2 is 0.843 bits per heavy atom. The molecule has 1 saturated carbocycles. The number of aromatic nitrogens is 2. The van der Waals surface area contributed by atoms with Crippen molar-refractivity contribution in [2.24, 2.45) is 0 Å². The van der Waals surface area contributed by atoms with Crippen molar-refractivity contribution in [3.63, 3.8) is 0 Å². The molecular formula is C48H39N3. The second kappa shape index (κ2) is 12.4. The number of fused-ring (bicyclic) bond motifs is 6. The zero-order valence-corrected chi connectivity index (χ0v) is 28.6. The van der Waals surface area contributed by atoms with Crippen LogP contribution in [0.5, 0.6) is 0 Å². The second-order valence-corrected chi connectivity index (χ2v) is 14.1. The van der Waals surface area contributed by atoms with Crippen LogP contribution in [0.2, 0.25) is 0 Å². The van der Waals surface area contributed by atoms with E-state index < -0.39 is 0 Å². The first-order valence-corrected chi connectivity index (χ1v) is 18.3. The average Bonchev–Trinajstić information content (AvgIpc) is 3.70. The van der Waals surface area contributed by atoms with Gasteiger partial charge in [0.05, 0.1) is 22.1 Å². The molecule has 0 radical (unpaired) electrons. The van der Waals surface area contributed by atoms with Crippen molar-refractivity contribution in [2.45, 2.75) is 37.6 Å². The minimum Gasteiger partial charge on any atom is -0.338 e. The molecule has 3 heteroatoms. The summed E-state index contributed by atoms with van der Waals surface area (Å²) >= 11 is 0. The third-order valence-corrected chi connectivity index (χ3v) is 11.2. The number of anilines is 2. The van der Waals surface area contributed by atoms with Crippen LogP contribution in [0.15, 0.2) is 176 Å². The summed E-state index contributed by atoms with van der Waals surface area (Å²) in [7, 11) is 0. The highest BCUT2D eigenvalue weighted by Crippen LogP contribution is 2.43. The van der Waals surface area contributed by atoms with E-state index in [1.165, 1.54) is 84.8 Å². The number of para-hydroxylation sites is 5. The molecule has 3 nitrogen and oxygen atoms in total. The lowest BCUT2D eigenvalue weighted by molar-refractivity contribution is 0.392. The van der Waals surface area contributed by atoms with Gasteiger partial charge in [-0.3, -0.25) is 0 Å². The standard InChI is InChI=1S/C48H39N3/c1-5-15-36(16-6-1)49(37-17-7-2-8-18-37)40-28-25-34(26-29-40)35-27-30-46-42(31-35)44-32-43-41-23-13-14-24-45(41)50(38-19-9-3-10-20-38)47(43)33-48(44)51(46)39-21-11-4-12-22-39/h1-24,27,30-34,40H,25-26,28-29H2. The molecule has 51 heavy (non-hydrogen) atoms. The van der Waals surface area contributed by atoms with Gasteiger partial charge >= 0.3 is 0 Å². The van der Waals surface area contributed by atoms with Crippen LogP contribution in [0, 0.1) is 0 Å². The van der Waals surface area contributed by atoms with Crippen molar-refractivity contribution >= 4 is 55.0 Å². The highest BCUT2D eigenvalue weighted by Gasteiger charge is 2.29. The normalized spacial score (nSPS) is 16.3. The van der Waals surface area contributed by atoms with Gasteiger partial charge in [-0.2, -0.15) is 0 Å². The van der Waals surface area contributed by atoms with Crippen LogP contribution in [0.25, 0.3) is 55.0 Å². The number of hydrogen-bond acceptors (Lipinski definition) is 1. The van der Waals surface area contributed by atoms with Gasteiger partial charge in [0, 0.05) is 50.3 Å². The number of hydrogen-bond donors (Lipinski definition) is 0. The van der Waals surface area contributed by atoms with Gasteiger partial charge in [-0.25, -0.2) is 0 Å². The van der Waals surface area contributed by atoms with Crippen molar-refractivity contribution in [1.82, 2.24) is 9.13 Å². The Morgan fingerprint density at radius 1 is 0.373 bits per heavy atom. The van der Waals surface area contributed by atoms with Gasteiger partial charge < -0.3 is 14.0 Å². The van der Waals surface area contributed by atoms with Crippen molar-refractivity contribution in [2.75, 3.05) is 4.90 Å². The molecule has 0 unspecified atom stereocenters. The van der Waals surface area contributed by atoms with E-state index >= 15 is 0 Å². The van der Waals surface area contributed by atoms with Crippen molar-refractivity contribution in [3.05, 3.63) is 181 Å². The quantitative estimate of drug-likeness (QED) is 0.173. The van der Waals surface area contributed by atoms with Gasteiger partial charge in [-0.15, -0.1) is 0 Å². The van der Waals surface area contributed by atoms with E-state index in [2.05, 4.69) is 190 Å². The Balaban J connectivity index is 1.09. The maximum atomic E-state index is 2.57. The summed E-state index contributed by atoms with van der Waals surface area (Å²) in [5.41, 5.74) is 11.4. The van der Waals surface area contributed by atoms with E-state index in [0.717, 1.165) is 12.8 Å². The molecule has 2 heterocycles. The maximum absolute atomic E-state index is 2.57. The van der Waals surface area contributed by atoms with Crippen molar-refractivity contribution in [1.29, 1.82) is 0 Å². The molecule has 0 aliphatic heterocycles. The summed E-state index contributed by atoms with van der Waals surface area (Å²) in [6.45, 7) is 0. The molecule has 0 bridgehead atoms. The fourth-order valence-corrected chi connectivity index (χ4v) is 8.88. The van der Waals surface area contributed by atoms with Crippen LogP contribution >= 0.6 is 0 Å². The molecule has 10 rings (SSSR count). The van der Waals surface area contributed by atoms with Gasteiger partial charge in [-0.05, 0) is 116 Å². The van der Waals surface area contributed by atoms with E-state index in [9.17, 15) is 0 Å². The van der Waals surface area contributed by atoms with Gasteiger partial charge in [0.1, 0.15) is 0 Å². The van der Waals surface area contributed by atoms with Crippen molar-refractivity contribution in [3.8, 4) is 11.4 Å². The predicted octanol–water partition coefficient (Wildman–Crippen LogP) is 12.7. The summed E-state index contributed by atoms with van der Waals surface area (Å²) in [6, 6.07) is 65.0. The van der Waals surface area contributed by atoms with E-state index in [0.29, 0.717) is 12.0 Å². The maximum Gasteiger partial charge on any atom is 0.0562 e. The number of rotatable bonds is 6. The SMILES string of the molecule is c1ccc(N(c2ccccc2)C2CCC(c3ccc4c(c3)c3cc5c6ccccc6n(-c6ccccc6)c5cc3n4-c3ccccc3)CC2)cc1. The predicted molar refractivity (Wildman–Crippen MR) is 215 cm³/mol. The minimum absolute atomic E-state index is 0.477. The van der Waals surface area contributed by atoms with E-state index in [4.69, 9.17) is 0 Å². The minimum atomic E-state index is 0.477. The molecule has 0 N–H and O–H groups in total. The largest absolute Gasteiger partial charge is 0.338 e. The molecule has 0 amide bonds. The fraction of sp³-hybridized carbons (Fsp3) is 0.125. The smallest absolute Gasteiger partial charge is 0.0562 e. The molecule has 1 aliphatic carbocycles. The zero-order valence-electron chi connectivity index (χ0n) is 28.6. The third kappa shape index (κ3) is 5.03. The molecule has 1 fully saturated rings. The Hall–Kier alpha value is -6.06. The van der Waals surface area contributed by atoms with Gasteiger partial charge in [0.2, 0.25) is 0 Å². The van der Waals surface area contributed by atoms with E-state index in [1.807, 2.05) is 0 Å². The first kappa shape index (κ1) is 29.8. The Labute approximate surface area is 298 Å². The molecule has 9 aromatic rings. The first-order valence-electron chi connectivity index (χ1n) is 18.3. The van der Waals surface area contributed by atoms with Gasteiger partial charge in [0.15, 0.2) is 0 Å².